The van der Waals surface area contributed by atoms with Crippen molar-refractivity contribution in [1.82, 2.24) is 4.90 Å². The minimum Gasteiger partial charge on any atom is -0.396 e. The fourth-order valence-corrected chi connectivity index (χ4v) is 3.79. The van der Waals surface area contributed by atoms with E-state index in [2.05, 4.69) is 5.32 Å². The van der Waals surface area contributed by atoms with Gasteiger partial charge >= 0.3 is 0 Å². The summed E-state index contributed by atoms with van der Waals surface area (Å²) in [7, 11) is 0. The van der Waals surface area contributed by atoms with Crippen LogP contribution in [0.1, 0.15) is 29.2 Å². The van der Waals surface area contributed by atoms with Gasteiger partial charge in [0, 0.05) is 19.2 Å². The molecule has 0 aromatic heterocycles. The Morgan fingerprint density at radius 2 is 1.59 bits per heavy atom. The van der Waals surface area contributed by atoms with E-state index in [1.807, 2.05) is 65.6 Å². The second-order valence-electron chi connectivity index (χ2n) is 7.53. The summed E-state index contributed by atoms with van der Waals surface area (Å²) in [4.78, 5) is 25.8. The number of nitrogens with one attached hydrogen (secondary N) is 1. The van der Waals surface area contributed by atoms with Gasteiger partial charge < -0.3 is 10.4 Å². The van der Waals surface area contributed by atoms with Crippen LogP contribution in [0.2, 0.25) is 0 Å². The number of aliphatic hydroxyl groups is 1. The molecular formula is C25H27N3O4. The summed E-state index contributed by atoms with van der Waals surface area (Å²) in [5.41, 5.74) is 2.87. The number of nitro groups is 1. The van der Waals surface area contributed by atoms with Gasteiger partial charge in [-0.3, -0.25) is 19.8 Å². The first-order valence-electron chi connectivity index (χ1n) is 10.5. The third kappa shape index (κ3) is 5.78. The molecule has 0 atom stereocenters. The van der Waals surface area contributed by atoms with Crippen LogP contribution in [0.25, 0.3) is 0 Å². The zero-order valence-corrected chi connectivity index (χ0v) is 18.0. The van der Waals surface area contributed by atoms with Crippen LogP contribution >= 0.6 is 0 Å². The van der Waals surface area contributed by atoms with E-state index in [9.17, 15) is 20.0 Å². The molecule has 0 aliphatic heterocycles. The van der Waals surface area contributed by atoms with E-state index in [0.29, 0.717) is 24.2 Å². The smallest absolute Gasteiger partial charge is 0.274 e. The van der Waals surface area contributed by atoms with E-state index in [1.54, 1.807) is 19.1 Å². The highest BCUT2D eigenvalue weighted by atomic mass is 16.6. The molecule has 0 fully saturated rings. The molecule has 0 aliphatic carbocycles. The van der Waals surface area contributed by atoms with Gasteiger partial charge in [-0.15, -0.1) is 0 Å². The monoisotopic (exact) mass is 433 g/mol. The van der Waals surface area contributed by atoms with Crippen molar-refractivity contribution in [3.05, 3.63) is 106 Å². The fourth-order valence-electron chi connectivity index (χ4n) is 3.79. The third-order valence-electron chi connectivity index (χ3n) is 5.32. The number of nitrogens with zero attached hydrogens (tertiary/aromatic N) is 2. The second-order valence-corrected chi connectivity index (χ2v) is 7.53. The van der Waals surface area contributed by atoms with Crippen molar-refractivity contribution in [2.24, 2.45) is 0 Å². The average Bonchev–Trinajstić information content (AvgIpc) is 2.80. The predicted octanol–water partition coefficient (Wildman–Crippen LogP) is 4.32. The summed E-state index contributed by atoms with van der Waals surface area (Å²) < 4.78 is 0. The second kappa shape index (κ2) is 11.2. The normalized spacial score (nSPS) is 11.0. The zero-order valence-electron chi connectivity index (χ0n) is 18.0. The topological polar surface area (TPSA) is 95.7 Å². The summed E-state index contributed by atoms with van der Waals surface area (Å²) in [6, 6.07) is 24.3. The van der Waals surface area contributed by atoms with Gasteiger partial charge in [0.1, 0.15) is 0 Å². The molecule has 2 N–H and O–H groups in total. The number of amides is 1. The van der Waals surface area contributed by atoms with Gasteiger partial charge in [0.2, 0.25) is 5.91 Å². The SMILES string of the molecule is Cc1c(NC(=O)CN(CCCO)C(c2ccccc2)c2ccccc2)cccc1[N+](=O)[O-]. The van der Waals surface area contributed by atoms with Crippen molar-refractivity contribution in [3.8, 4) is 0 Å². The molecule has 32 heavy (non-hydrogen) atoms. The largest absolute Gasteiger partial charge is 0.396 e. The Morgan fingerprint density at radius 3 is 2.12 bits per heavy atom. The van der Waals surface area contributed by atoms with Crippen LogP contribution in [-0.2, 0) is 4.79 Å². The lowest BCUT2D eigenvalue weighted by Gasteiger charge is -2.32. The lowest BCUT2D eigenvalue weighted by atomic mass is 9.96. The summed E-state index contributed by atoms with van der Waals surface area (Å²) in [5, 5.41) is 23.5. The van der Waals surface area contributed by atoms with Crippen molar-refractivity contribution in [1.29, 1.82) is 0 Å². The molecule has 3 aromatic carbocycles. The number of carbonyl (C=O) groups excluding carboxylic acids is 1. The summed E-state index contributed by atoms with van der Waals surface area (Å²) in [6.45, 7) is 2.20. The Balaban J connectivity index is 1.88. The molecule has 0 radical (unpaired) electrons. The average molecular weight is 434 g/mol. The van der Waals surface area contributed by atoms with Crippen molar-refractivity contribution < 1.29 is 14.8 Å². The molecule has 1 amide bonds. The third-order valence-corrected chi connectivity index (χ3v) is 5.32. The van der Waals surface area contributed by atoms with Crippen molar-refractivity contribution >= 4 is 17.3 Å². The number of rotatable bonds is 10. The molecule has 7 heteroatoms. The molecule has 0 heterocycles. The lowest BCUT2D eigenvalue weighted by molar-refractivity contribution is -0.385. The number of hydrogen-bond acceptors (Lipinski definition) is 5. The van der Waals surface area contributed by atoms with Crippen molar-refractivity contribution in [2.75, 3.05) is 25.0 Å². The van der Waals surface area contributed by atoms with E-state index in [1.165, 1.54) is 6.07 Å². The van der Waals surface area contributed by atoms with Crippen LogP contribution in [0, 0.1) is 17.0 Å². The molecule has 166 valence electrons. The van der Waals surface area contributed by atoms with Crippen LogP contribution in [0.3, 0.4) is 0 Å². The Labute approximate surface area is 187 Å². The van der Waals surface area contributed by atoms with Crippen molar-refractivity contribution in [3.63, 3.8) is 0 Å². The maximum Gasteiger partial charge on any atom is 0.274 e. The minimum absolute atomic E-state index is 0.0123. The molecular weight excluding hydrogens is 406 g/mol. The number of aliphatic hydroxyl groups excluding tert-OH is 1. The summed E-state index contributed by atoms with van der Waals surface area (Å²) >= 11 is 0. The quantitative estimate of drug-likeness (QED) is 0.367. The standard InChI is InChI=1S/C25H27N3O4/c1-19-22(14-8-15-23(19)28(31)32)26-24(30)18-27(16-9-17-29)25(20-10-4-2-5-11-20)21-12-6-3-7-13-21/h2-8,10-15,25,29H,9,16-18H2,1H3,(H,26,30). The van der Waals surface area contributed by atoms with Gasteiger partial charge in [-0.1, -0.05) is 66.7 Å². The number of anilines is 1. The first kappa shape index (κ1) is 23.1. The van der Waals surface area contributed by atoms with Crippen LogP contribution in [0.5, 0.6) is 0 Å². The highest BCUT2D eigenvalue weighted by Gasteiger charge is 2.25. The number of nitro benzene ring substituents is 1. The highest BCUT2D eigenvalue weighted by Crippen LogP contribution is 2.29. The van der Waals surface area contributed by atoms with E-state index in [4.69, 9.17) is 0 Å². The molecule has 0 aliphatic rings. The number of hydrogen-bond donors (Lipinski definition) is 2. The van der Waals surface area contributed by atoms with Gasteiger partial charge in [0.05, 0.1) is 28.8 Å². The van der Waals surface area contributed by atoms with Crippen LogP contribution in [0.4, 0.5) is 11.4 Å². The molecule has 0 saturated carbocycles. The fraction of sp³-hybridized carbons (Fsp3) is 0.240. The lowest BCUT2D eigenvalue weighted by Crippen LogP contribution is -2.38. The van der Waals surface area contributed by atoms with Crippen molar-refractivity contribution in [2.45, 2.75) is 19.4 Å². The molecule has 7 nitrogen and oxygen atoms in total. The van der Waals surface area contributed by atoms with Gasteiger partial charge in [0.15, 0.2) is 0 Å². The van der Waals surface area contributed by atoms with E-state index < -0.39 is 4.92 Å². The first-order chi connectivity index (χ1) is 15.5. The van der Waals surface area contributed by atoms with Crippen LogP contribution in [0.15, 0.2) is 78.9 Å². The zero-order chi connectivity index (χ0) is 22.9. The maximum absolute atomic E-state index is 13.0. The van der Waals surface area contributed by atoms with E-state index in [-0.39, 0.29) is 30.8 Å². The number of carbonyl (C=O) groups is 1. The number of benzene rings is 3. The minimum atomic E-state index is -0.459. The van der Waals surface area contributed by atoms with Gasteiger partial charge in [-0.2, -0.15) is 0 Å². The van der Waals surface area contributed by atoms with E-state index in [0.717, 1.165) is 11.1 Å². The summed E-state index contributed by atoms with van der Waals surface area (Å²) in [6.07, 6.45) is 0.513. The Morgan fingerprint density at radius 1 is 1.00 bits per heavy atom. The Hall–Kier alpha value is -3.55. The van der Waals surface area contributed by atoms with Gasteiger partial charge in [-0.25, -0.2) is 0 Å². The van der Waals surface area contributed by atoms with Gasteiger partial charge in [0.25, 0.3) is 5.69 Å². The van der Waals surface area contributed by atoms with E-state index >= 15 is 0 Å². The maximum atomic E-state index is 13.0. The molecule has 3 rings (SSSR count). The summed E-state index contributed by atoms with van der Waals surface area (Å²) in [5.74, 6) is -0.275. The molecule has 0 spiro atoms. The van der Waals surface area contributed by atoms with Crippen LogP contribution in [-0.4, -0.2) is 40.5 Å². The molecule has 3 aromatic rings. The Kier molecular flexibility index (Phi) is 8.08. The molecule has 0 saturated heterocycles. The first-order valence-corrected chi connectivity index (χ1v) is 10.5. The molecule has 0 unspecified atom stereocenters. The predicted molar refractivity (Wildman–Crippen MR) is 124 cm³/mol. The van der Waals surface area contributed by atoms with Crippen LogP contribution < -0.4 is 5.32 Å². The highest BCUT2D eigenvalue weighted by molar-refractivity contribution is 5.93. The Bertz CT molecular complexity index is 1000. The molecule has 0 bridgehead atoms. The van der Waals surface area contributed by atoms with Gasteiger partial charge in [-0.05, 0) is 30.5 Å².